The molecular weight excluding hydrogens is 226 g/mol. The predicted octanol–water partition coefficient (Wildman–Crippen LogP) is 0.218. The first-order valence-electron chi connectivity index (χ1n) is 6.35. The van der Waals surface area contributed by atoms with Crippen molar-refractivity contribution in [2.45, 2.75) is 19.0 Å². The number of piperazine rings is 1. The number of aryl methyl sites for hydroxylation is 1. The number of anilines is 1. The Kier molecular flexibility index (Phi) is 3.85. The Morgan fingerprint density at radius 3 is 2.83 bits per heavy atom. The van der Waals surface area contributed by atoms with Crippen LogP contribution in [0.5, 0.6) is 0 Å². The average molecular weight is 249 g/mol. The first kappa shape index (κ1) is 13.3. The summed E-state index contributed by atoms with van der Waals surface area (Å²) < 4.78 is 0. The van der Waals surface area contributed by atoms with Gasteiger partial charge in [0.25, 0.3) is 0 Å². The van der Waals surface area contributed by atoms with Crippen molar-refractivity contribution in [1.29, 1.82) is 0 Å². The van der Waals surface area contributed by atoms with Crippen LogP contribution in [0.25, 0.3) is 0 Å². The lowest BCUT2D eigenvalue weighted by Crippen LogP contribution is -2.54. The fourth-order valence-corrected chi connectivity index (χ4v) is 2.51. The summed E-state index contributed by atoms with van der Waals surface area (Å²) in [6.45, 7) is 5.10. The molecule has 1 aliphatic heterocycles. The fourth-order valence-electron chi connectivity index (χ4n) is 2.51. The Hall–Kier alpha value is -1.17. The van der Waals surface area contributed by atoms with Crippen LogP contribution < -0.4 is 11.5 Å². The van der Waals surface area contributed by atoms with Crippen LogP contribution in [-0.2, 0) is 0 Å². The zero-order valence-electron chi connectivity index (χ0n) is 11.4. The largest absolute Gasteiger partial charge is 0.383 e. The Morgan fingerprint density at radius 1 is 1.39 bits per heavy atom. The lowest BCUT2D eigenvalue weighted by molar-refractivity contribution is 0.0975. The molecule has 1 saturated heterocycles. The van der Waals surface area contributed by atoms with Crippen molar-refractivity contribution in [3.8, 4) is 0 Å². The van der Waals surface area contributed by atoms with Gasteiger partial charge in [-0.1, -0.05) is 0 Å². The maximum atomic E-state index is 6.40. The van der Waals surface area contributed by atoms with Gasteiger partial charge >= 0.3 is 0 Å². The summed E-state index contributed by atoms with van der Waals surface area (Å²) in [5, 5.41) is 0. The van der Waals surface area contributed by atoms with Gasteiger partial charge in [0.05, 0.1) is 6.04 Å². The van der Waals surface area contributed by atoms with Gasteiger partial charge in [0.15, 0.2) is 0 Å². The minimum absolute atomic E-state index is 0.0925. The first-order chi connectivity index (χ1) is 8.49. The molecule has 0 aliphatic carbocycles. The molecule has 0 bridgehead atoms. The van der Waals surface area contributed by atoms with E-state index in [0.717, 1.165) is 30.8 Å². The monoisotopic (exact) mass is 249 g/mol. The number of nitrogen functional groups attached to an aromatic ring is 1. The van der Waals surface area contributed by atoms with Crippen molar-refractivity contribution in [2.24, 2.45) is 5.73 Å². The molecule has 5 heteroatoms. The third-order valence-corrected chi connectivity index (χ3v) is 3.76. The molecule has 1 aromatic rings. The molecule has 100 valence electrons. The summed E-state index contributed by atoms with van der Waals surface area (Å²) in [4.78, 5) is 8.83. The molecule has 0 amide bonds. The van der Waals surface area contributed by atoms with E-state index < -0.39 is 0 Å². The summed E-state index contributed by atoms with van der Waals surface area (Å²) in [7, 11) is 4.25. The van der Waals surface area contributed by atoms with Crippen molar-refractivity contribution < 1.29 is 0 Å². The molecule has 2 heterocycles. The van der Waals surface area contributed by atoms with E-state index in [-0.39, 0.29) is 12.1 Å². The molecule has 1 aliphatic rings. The van der Waals surface area contributed by atoms with Crippen LogP contribution in [0.1, 0.15) is 17.2 Å². The normalized spacial score (nSPS) is 24.1. The molecule has 0 radical (unpaired) electrons. The molecule has 2 atom stereocenters. The Labute approximate surface area is 109 Å². The van der Waals surface area contributed by atoms with E-state index in [9.17, 15) is 0 Å². The molecule has 0 aromatic carbocycles. The highest BCUT2D eigenvalue weighted by molar-refractivity contribution is 5.43. The van der Waals surface area contributed by atoms with Crippen LogP contribution in [0.15, 0.2) is 12.3 Å². The van der Waals surface area contributed by atoms with Crippen LogP contribution in [0.2, 0.25) is 0 Å². The maximum absolute atomic E-state index is 6.40. The number of nitrogens with zero attached hydrogens (tertiary/aromatic N) is 3. The molecule has 2 unspecified atom stereocenters. The minimum Gasteiger partial charge on any atom is -0.383 e. The van der Waals surface area contributed by atoms with Gasteiger partial charge < -0.3 is 16.4 Å². The van der Waals surface area contributed by atoms with Crippen LogP contribution >= 0.6 is 0 Å². The minimum atomic E-state index is -0.0925. The highest BCUT2D eigenvalue weighted by Gasteiger charge is 2.29. The predicted molar refractivity (Wildman–Crippen MR) is 74.2 cm³/mol. The zero-order valence-corrected chi connectivity index (χ0v) is 11.4. The van der Waals surface area contributed by atoms with E-state index in [1.165, 1.54) is 0 Å². The third kappa shape index (κ3) is 2.63. The second kappa shape index (κ2) is 5.22. The van der Waals surface area contributed by atoms with Crippen molar-refractivity contribution in [3.63, 3.8) is 0 Å². The lowest BCUT2D eigenvalue weighted by Gasteiger charge is -2.41. The van der Waals surface area contributed by atoms with Crippen molar-refractivity contribution in [3.05, 3.63) is 23.4 Å². The quantitative estimate of drug-likeness (QED) is 0.784. The summed E-state index contributed by atoms with van der Waals surface area (Å²) in [6.07, 6.45) is 1.78. The summed E-state index contributed by atoms with van der Waals surface area (Å²) in [5.41, 5.74) is 14.4. The van der Waals surface area contributed by atoms with E-state index in [1.54, 1.807) is 6.20 Å². The summed E-state index contributed by atoms with van der Waals surface area (Å²) in [6, 6.07) is 2.25. The van der Waals surface area contributed by atoms with Gasteiger partial charge in [-0.3, -0.25) is 4.90 Å². The second-order valence-corrected chi connectivity index (χ2v) is 5.32. The zero-order chi connectivity index (χ0) is 13.3. The SMILES string of the molecule is Cc1cnc(N)c(C(N)C2CN(C)CCN2C)c1. The molecule has 18 heavy (non-hydrogen) atoms. The van der Waals surface area contributed by atoms with Gasteiger partial charge in [-0.15, -0.1) is 0 Å². The van der Waals surface area contributed by atoms with E-state index in [1.807, 2.05) is 6.92 Å². The number of hydrogen-bond donors (Lipinski definition) is 2. The molecule has 0 spiro atoms. The van der Waals surface area contributed by atoms with Crippen LogP contribution in [0.4, 0.5) is 5.82 Å². The molecule has 0 saturated carbocycles. The second-order valence-electron chi connectivity index (χ2n) is 5.32. The molecule has 1 fully saturated rings. The topological polar surface area (TPSA) is 71.4 Å². The van der Waals surface area contributed by atoms with Crippen molar-refractivity contribution in [2.75, 3.05) is 39.5 Å². The van der Waals surface area contributed by atoms with Gasteiger partial charge in [0, 0.05) is 37.4 Å². The van der Waals surface area contributed by atoms with Gasteiger partial charge in [-0.05, 0) is 32.6 Å². The maximum Gasteiger partial charge on any atom is 0.128 e. The first-order valence-corrected chi connectivity index (χ1v) is 6.35. The van der Waals surface area contributed by atoms with E-state index >= 15 is 0 Å². The van der Waals surface area contributed by atoms with Crippen LogP contribution in [0, 0.1) is 6.92 Å². The van der Waals surface area contributed by atoms with Crippen molar-refractivity contribution in [1.82, 2.24) is 14.8 Å². The number of pyridine rings is 1. The number of aromatic nitrogens is 1. The molecular formula is C13H23N5. The van der Waals surface area contributed by atoms with Gasteiger partial charge in [0.1, 0.15) is 5.82 Å². The van der Waals surface area contributed by atoms with Gasteiger partial charge in [0.2, 0.25) is 0 Å². The standard InChI is InChI=1S/C13H23N5/c1-9-6-10(13(15)16-7-9)12(14)11-8-17(2)4-5-18(11)3/h6-7,11-12H,4-5,8,14H2,1-3H3,(H2,15,16). The summed E-state index contributed by atoms with van der Waals surface area (Å²) >= 11 is 0. The Bertz CT molecular complexity index is 420. The Morgan fingerprint density at radius 2 is 2.11 bits per heavy atom. The fraction of sp³-hybridized carbons (Fsp3) is 0.615. The highest BCUT2D eigenvalue weighted by atomic mass is 15.3. The van der Waals surface area contributed by atoms with Gasteiger partial charge in [-0.25, -0.2) is 4.98 Å². The lowest BCUT2D eigenvalue weighted by atomic mass is 9.97. The third-order valence-electron chi connectivity index (χ3n) is 3.76. The Balaban J connectivity index is 2.23. The highest BCUT2D eigenvalue weighted by Crippen LogP contribution is 2.25. The number of likely N-dealkylation sites (N-methyl/N-ethyl adjacent to an activating group) is 2. The van der Waals surface area contributed by atoms with E-state index in [2.05, 4.69) is 34.9 Å². The van der Waals surface area contributed by atoms with E-state index in [4.69, 9.17) is 11.5 Å². The average Bonchev–Trinajstić information content (AvgIpc) is 2.34. The smallest absolute Gasteiger partial charge is 0.128 e. The molecule has 4 N–H and O–H groups in total. The number of hydrogen-bond acceptors (Lipinski definition) is 5. The number of rotatable bonds is 2. The number of nitrogens with two attached hydrogens (primary N) is 2. The molecule has 1 aromatic heterocycles. The summed E-state index contributed by atoms with van der Waals surface area (Å²) in [5.74, 6) is 0.551. The van der Waals surface area contributed by atoms with Crippen LogP contribution in [-0.4, -0.2) is 54.6 Å². The molecule has 2 rings (SSSR count). The van der Waals surface area contributed by atoms with Crippen molar-refractivity contribution >= 4 is 5.82 Å². The molecule has 5 nitrogen and oxygen atoms in total. The van der Waals surface area contributed by atoms with E-state index in [0.29, 0.717) is 5.82 Å². The van der Waals surface area contributed by atoms with Gasteiger partial charge in [-0.2, -0.15) is 0 Å². The van der Waals surface area contributed by atoms with Crippen LogP contribution in [0.3, 0.4) is 0 Å².